The summed E-state index contributed by atoms with van der Waals surface area (Å²) < 4.78 is 15.5. The molecule has 2 aromatic rings. The van der Waals surface area contributed by atoms with Crippen molar-refractivity contribution in [3.8, 4) is 5.69 Å². The van der Waals surface area contributed by atoms with Crippen molar-refractivity contribution in [2.24, 2.45) is 0 Å². The van der Waals surface area contributed by atoms with E-state index in [0.717, 1.165) is 0 Å². The summed E-state index contributed by atoms with van der Waals surface area (Å²) >= 11 is 0. The molecule has 32 heavy (non-hydrogen) atoms. The van der Waals surface area contributed by atoms with Gasteiger partial charge in [-0.15, -0.1) is 5.10 Å². The number of hydrogen-bond donors (Lipinski definition) is 1. The first-order chi connectivity index (χ1) is 15.4. The van der Waals surface area contributed by atoms with Crippen molar-refractivity contribution in [2.75, 3.05) is 39.3 Å². The summed E-state index contributed by atoms with van der Waals surface area (Å²) in [6.45, 7) is 6.90. The molecule has 2 amide bonds. The van der Waals surface area contributed by atoms with Crippen molar-refractivity contribution in [1.29, 1.82) is 0 Å². The fourth-order valence-corrected chi connectivity index (χ4v) is 4.60. The Bertz CT molecular complexity index is 988. The van der Waals surface area contributed by atoms with Crippen molar-refractivity contribution >= 4 is 11.8 Å². The Morgan fingerprint density at radius 3 is 2.41 bits per heavy atom. The Balaban J connectivity index is 1.44. The van der Waals surface area contributed by atoms with Gasteiger partial charge in [0.05, 0.1) is 11.8 Å². The van der Waals surface area contributed by atoms with Gasteiger partial charge in [-0.2, -0.15) is 0 Å². The molecule has 0 spiro atoms. The number of hydrogen-bond acceptors (Lipinski definition) is 6. The Morgan fingerprint density at radius 1 is 1.03 bits per heavy atom. The number of piperazine rings is 1. The number of aliphatic hydroxyl groups excluding tert-OH is 1. The predicted molar refractivity (Wildman–Crippen MR) is 115 cm³/mol. The smallest absolute Gasteiger partial charge is 0.276 e. The van der Waals surface area contributed by atoms with E-state index in [1.165, 1.54) is 10.7 Å². The van der Waals surface area contributed by atoms with E-state index in [2.05, 4.69) is 15.2 Å². The largest absolute Gasteiger partial charge is 0.391 e. The van der Waals surface area contributed by atoms with Crippen molar-refractivity contribution < 1.29 is 19.1 Å². The first kappa shape index (κ1) is 22.3. The molecule has 10 heteroatoms. The van der Waals surface area contributed by atoms with E-state index in [0.29, 0.717) is 57.8 Å². The molecule has 2 aliphatic rings. The lowest BCUT2D eigenvalue weighted by atomic mass is 10.0. The van der Waals surface area contributed by atoms with Gasteiger partial charge in [-0.05, 0) is 31.9 Å². The number of rotatable bonds is 3. The van der Waals surface area contributed by atoms with Crippen molar-refractivity contribution in [3.05, 3.63) is 41.5 Å². The average Bonchev–Trinajstić information content (AvgIpc) is 3.05. The number of nitrogens with zero attached hydrogens (tertiary/aromatic N) is 6. The van der Waals surface area contributed by atoms with E-state index in [9.17, 15) is 19.1 Å². The van der Waals surface area contributed by atoms with Crippen LogP contribution in [0.4, 0.5) is 4.39 Å². The molecule has 2 fully saturated rings. The van der Waals surface area contributed by atoms with Crippen LogP contribution in [-0.4, -0.2) is 98.0 Å². The lowest BCUT2D eigenvalue weighted by Gasteiger charge is -2.40. The normalized spacial score (nSPS) is 22.6. The summed E-state index contributed by atoms with van der Waals surface area (Å²) in [5, 5.41) is 18.8. The van der Waals surface area contributed by atoms with Gasteiger partial charge in [-0.1, -0.05) is 17.3 Å². The molecule has 2 aliphatic heterocycles. The van der Waals surface area contributed by atoms with E-state index < -0.39 is 11.9 Å². The molecule has 1 aromatic heterocycles. The zero-order chi connectivity index (χ0) is 22.8. The van der Waals surface area contributed by atoms with Crippen LogP contribution < -0.4 is 0 Å². The first-order valence-electron chi connectivity index (χ1n) is 11.0. The maximum absolute atomic E-state index is 14.2. The molecule has 3 heterocycles. The fraction of sp³-hybridized carbons (Fsp3) is 0.545. The second-order valence-corrected chi connectivity index (χ2v) is 8.43. The van der Waals surface area contributed by atoms with Gasteiger partial charge < -0.3 is 14.9 Å². The lowest BCUT2D eigenvalue weighted by Crippen LogP contribution is -2.54. The van der Waals surface area contributed by atoms with Gasteiger partial charge in [0.15, 0.2) is 5.69 Å². The van der Waals surface area contributed by atoms with E-state index >= 15 is 0 Å². The molecular formula is C22H29FN6O3. The van der Waals surface area contributed by atoms with Crippen LogP contribution in [0.3, 0.4) is 0 Å². The Labute approximate surface area is 186 Å². The number of carbonyl (C=O) groups is 2. The second-order valence-electron chi connectivity index (χ2n) is 8.43. The highest BCUT2D eigenvalue weighted by molar-refractivity contribution is 5.93. The number of aliphatic hydroxyl groups is 1. The van der Waals surface area contributed by atoms with Crippen LogP contribution in [0.15, 0.2) is 24.3 Å². The fourth-order valence-electron chi connectivity index (χ4n) is 4.60. The van der Waals surface area contributed by atoms with Crippen LogP contribution in [0.25, 0.3) is 5.69 Å². The summed E-state index contributed by atoms with van der Waals surface area (Å²) in [5.41, 5.74) is 0.908. The van der Waals surface area contributed by atoms with Crippen LogP contribution in [0.1, 0.15) is 35.9 Å². The van der Waals surface area contributed by atoms with Gasteiger partial charge in [0, 0.05) is 52.2 Å². The van der Waals surface area contributed by atoms with Crippen LogP contribution >= 0.6 is 0 Å². The molecule has 0 aliphatic carbocycles. The number of likely N-dealkylation sites (tertiary alicyclic amines) is 1. The SMILES string of the molecule is CC(=O)N1CCN([C@H]2CCN(C(=O)c3nnn(-c4ccccc4F)c3C)CC[C@@H]2O)CC1. The summed E-state index contributed by atoms with van der Waals surface area (Å²) in [6.07, 6.45) is 0.545. The molecule has 2 atom stereocenters. The van der Waals surface area contributed by atoms with Crippen molar-refractivity contribution in [1.82, 2.24) is 29.7 Å². The second kappa shape index (κ2) is 9.33. The van der Waals surface area contributed by atoms with Crippen LogP contribution in [-0.2, 0) is 4.79 Å². The summed E-state index contributed by atoms with van der Waals surface area (Å²) in [4.78, 5) is 30.5. The highest BCUT2D eigenvalue weighted by atomic mass is 19.1. The topological polar surface area (TPSA) is 94.8 Å². The number of para-hydroxylation sites is 1. The number of benzene rings is 1. The molecule has 0 saturated carbocycles. The van der Waals surface area contributed by atoms with Crippen molar-refractivity contribution in [2.45, 2.75) is 38.8 Å². The van der Waals surface area contributed by atoms with Gasteiger partial charge in [-0.25, -0.2) is 9.07 Å². The molecule has 172 valence electrons. The van der Waals surface area contributed by atoms with Gasteiger partial charge in [0.1, 0.15) is 11.5 Å². The third kappa shape index (κ3) is 4.37. The molecule has 4 rings (SSSR count). The Kier molecular flexibility index (Phi) is 6.52. The highest BCUT2D eigenvalue weighted by Gasteiger charge is 2.34. The number of aromatic nitrogens is 3. The van der Waals surface area contributed by atoms with E-state index in [1.54, 1.807) is 36.9 Å². The third-order valence-electron chi connectivity index (χ3n) is 6.53. The molecular weight excluding hydrogens is 415 g/mol. The van der Waals surface area contributed by atoms with Gasteiger partial charge in [0.25, 0.3) is 5.91 Å². The average molecular weight is 445 g/mol. The van der Waals surface area contributed by atoms with Gasteiger partial charge >= 0.3 is 0 Å². The summed E-state index contributed by atoms with van der Waals surface area (Å²) in [7, 11) is 0. The van der Waals surface area contributed by atoms with Gasteiger partial charge in [-0.3, -0.25) is 14.5 Å². The number of halogens is 1. The van der Waals surface area contributed by atoms with E-state index in [-0.39, 0.29) is 29.2 Å². The summed E-state index contributed by atoms with van der Waals surface area (Å²) in [6, 6.07) is 6.16. The van der Waals surface area contributed by atoms with Crippen LogP contribution in [0.5, 0.6) is 0 Å². The number of amides is 2. The van der Waals surface area contributed by atoms with E-state index in [4.69, 9.17) is 0 Å². The minimum absolute atomic E-state index is 0.0582. The van der Waals surface area contributed by atoms with E-state index in [1.807, 2.05) is 4.90 Å². The summed E-state index contributed by atoms with van der Waals surface area (Å²) in [5.74, 6) is -0.633. The Hall–Kier alpha value is -2.85. The molecule has 0 bridgehead atoms. The van der Waals surface area contributed by atoms with Gasteiger partial charge in [0.2, 0.25) is 5.91 Å². The maximum atomic E-state index is 14.2. The van der Waals surface area contributed by atoms with Crippen LogP contribution in [0, 0.1) is 12.7 Å². The monoisotopic (exact) mass is 444 g/mol. The minimum Gasteiger partial charge on any atom is -0.391 e. The molecule has 1 aromatic carbocycles. The number of carbonyl (C=O) groups excluding carboxylic acids is 2. The molecule has 1 N–H and O–H groups in total. The molecule has 0 unspecified atom stereocenters. The molecule has 0 radical (unpaired) electrons. The maximum Gasteiger partial charge on any atom is 0.276 e. The molecule has 2 saturated heterocycles. The standard InChI is InChI=1S/C22H29FN6O3/c1-15-21(24-25-29(15)18-6-4-3-5-17(18)23)22(32)28-9-7-19(20(31)8-10-28)27-13-11-26(12-14-27)16(2)30/h3-6,19-20,31H,7-14H2,1-2H3/t19-,20-/m0/s1. The molecule has 9 nitrogen and oxygen atoms in total. The van der Waals surface area contributed by atoms with Crippen molar-refractivity contribution in [3.63, 3.8) is 0 Å². The lowest BCUT2D eigenvalue weighted by molar-refractivity contribution is -0.131. The zero-order valence-corrected chi connectivity index (χ0v) is 18.4. The predicted octanol–water partition coefficient (Wildman–Crippen LogP) is 0.844. The quantitative estimate of drug-likeness (QED) is 0.754. The Morgan fingerprint density at radius 2 is 1.72 bits per heavy atom. The zero-order valence-electron chi connectivity index (χ0n) is 18.4. The van der Waals surface area contributed by atoms with Crippen LogP contribution in [0.2, 0.25) is 0 Å². The minimum atomic E-state index is -0.549. The first-order valence-corrected chi connectivity index (χ1v) is 11.0. The highest BCUT2D eigenvalue weighted by Crippen LogP contribution is 2.22. The third-order valence-corrected chi connectivity index (χ3v) is 6.53.